The highest BCUT2D eigenvalue weighted by atomic mass is 19.1. The zero-order valence-electron chi connectivity index (χ0n) is 15.8. The molecule has 0 radical (unpaired) electrons. The Morgan fingerprint density at radius 1 is 1.40 bits per heavy atom. The van der Waals surface area contributed by atoms with Gasteiger partial charge in [-0.05, 0) is 38.6 Å². The average Bonchev–Trinajstić information content (AvgIpc) is 3.08. The van der Waals surface area contributed by atoms with Crippen LogP contribution in [0.4, 0.5) is 4.39 Å². The Balaban J connectivity index is 1.83. The van der Waals surface area contributed by atoms with Gasteiger partial charge < -0.3 is 15.0 Å². The van der Waals surface area contributed by atoms with E-state index in [0.29, 0.717) is 12.6 Å². The first-order valence-corrected chi connectivity index (χ1v) is 9.19. The number of benzene rings is 1. The van der Waals surface area contributed by atoms with Gasteiger partial charge in [0.2, 0.25) is 0 Å². The number of para-hydroxylation sites is 1. The Morgan fingerprint density at radius 3 is 2.76 bits per heavy atom. The topological polar surface area (TPSA) is 40.1 Å². The second kappa shape index (κ2) is 9.61. The number of hydrogen-bond acceptors (Lipinski definition) is 3. The van der Waals surface area contributed by atoms with Crippen LogP contribution in [0.5, 0.6) is 5.75 Å². The SMILES string of the molecule is CCN(CC)C1CCN(C(=NC)NCC(C)Oc2ccccc2F)C1. The van der Waals surface area contributed by atoms with Crippen molar-refractivity contribution in [3.63, 3.8) is 0 Å². The number of ether oxygens (including phenoxy) is 1. The Morgan fingerprint density at radius 2 is 2.12 bits per heavy atom. The molecule has 2 rings (SSSR count). The van der Waals surface area contributed by atoms with E-state index in [4.69, 9.17) is 4.74 Å². The van der Waals surface area contributed by atoms with Crippen molar-refractivity contribution in [2.75, 3.05) is 39.8 Å². The lowest BCUT2D eigenvalue weighted by atomic mass is 10.2. The van der Waals surface area contributed by atoms with Crippen LogP contribution in [0.1, 0.15) is 27.2 Å². The Kier molecular flexibility index (Phi) is 7.50. The van der Waals surface area contributed by atoms with Crippen LogP contribution in [-0.4, -0.2) is 67.7 Å². The normalized spacial score (nSPS) is 19.4. The van der Waals surface area contributed by atoms with Crippen molar-refractivity contribution in [1.82, 2.24) is 15.1 Å². The molecule has 1 heterocycles. The fourth-order valence-electron chi connectivity index (χ4n) is 3.34. The van der Waals surface area contributed by atoms with Crippen LogP contribution < -0.4 is 10.1 Å². The third-order valence-electron chi connectivity index (χ3n) is 4.72. The van der Waals surface area contributed by atoms with Gasteiger partial charge in [0.05, 0.1) is 6.54 Å². The molecule has 140 valence electrons. The van der Waals surface area contributed by atoms with Gasteiger partial charge in [0.25, 0.3) is 0 Å². The first-order chi connectivity index (χ1) is 12.1. The highest BCUT2D eigenvalue weighted by Crippen LogP contribution is 2.17. The fourth-order valence-corrected chi connectivity index (χ4v) is 3.34. The van der Waals surface area contributed by atoms with Gasteiger partial charge in [-0.3, -0.25) is 9.89 Å². The number of rotatable bonds is 7. The standard InChI is InChI=1S/C19H31FN4O/c1-5-23(6-2)16-11-12-24(14-16)19(21-4)22-13-15(3)25-18-10-8-7-9-17(18)20/h7-10,15-16H,5-6,11-14H2,1-4H3,(H,21,22). The molecule has 1 aromatic carbocycles. The van der Waals surface area contributed by atoms with Crippen molar-refractivity contribution >= 4 is 5.96 Å². The van der Waals surface area contributed by atoms with Crippen LogP contribution in [0.25, 0.3) is 0 Å². The molecule has 0 amide bonds. The molecule has 0 bridgehead atoms. The number of nitrogens with one attached hydrogen (secondary N) is 1. The van der Waals surface area contributed by atoms with Gasteiger partial charge in [-0.2, -0.15) is 0 Å². The second-order valence-corrected chi connectivity index (χ2v) is 6.40. The molecule has 25 heavy (non-hydrogen) atoms. The summed E-state index contributed by atoms with van der Waals surface area (Å²) in [5, 5.41) is 3.36. The Labute approximate surface area is 150 Å². The number of aliphatic imine (C=N–C) groups is 1. The third-order valence-corrected chi connectivity index (χ3v) is 4.72. The van der Waals surface area contributed by atoms with Gasteiger partial charge in [-0.25, -0.2) is 4.39 Å². The van der Waals surface area contributed by atoms with E-state index in [-0.39, 0.29) is 17.7 Å². The zero-order valence-corrected chi connectivity index (χ0v) is 15.8. The summed E-state index contributed by atoms with van der Waals surface area (Å²) >= 11 is 0. The van der Waals surface area contributed by atoms with Gasteiger partial charge in [0.1, 0.15) is 6.10 Å². The molecule has 1 N–H and O–H groups in total. The lowest BCUT2D eigenvalue weighted by Gasteiger charge is -2.27. The molecule has 0 aliphatic carbocycles. The highest BCUT2D eigenvalue weighted by molar-refractivity contribution is 5.80. The predicted molar refractivity (Wildman–Crippen MR) is 101 cm³/mol. The van der Waals surface area contributed by atoms with Gasteiger partial charge >= 0.3 is 0 Å². The van der Waals surface area contributed by atoms with Crippen molar-refractivity contribution in [2.45, 2.75) is 39.3 Å². The van der Waals surface area contributed by atoms with Crippen LogP contribution in [-0.2, 0) is 0 Å². The van der Waals surface area contributed by atoms with Crippen molar-refractivity contribution in [3.05, 3.63) is 30.1 Å². The van der Waals surface area contributed by atoms with E-state index >= 15 is 0 Å². The van der Waals surface area contributed by atoms with E-state index in [1.54, 1.807) is 25.2 Å². The number of likely N-dealkylation sites (tertiary alicyclic amines) is 1. The smallest absolute Gasteiger partial charge is 0.193 e. The molecule has 1 aliphatic heterocycles. The Hall–Kier alpha value is -1.82. The molecule has 1 aliphatic rings. The predicted octanol–water partition coefficient (Wildman–Crippen LogP) is 2.58. The molecule has 0 aromatic heterocycles. The van der Waals surface area contributed by atoms with Crippen LogP contribution in [0, 0.1) is 5.82 Å². The molecule has 1 saturated heterocycles. The quantitative estimate of drug-likeness (QED) is 0.606. The highest BCUT2D eigenvalue weighted by Gasteiger charge is 2.28. The minimum absolute atomic E-state index is 0.158. The summed E-state index contributed by atoms with van der Waals surface area (Å²) in [6.45, 7) is 11.1. The van der Waals surface area contributed by atoms with E-state index in [0.717, 1.165) is 38.6 Å². The van der Waals surface area contributed by atoms with Gasteiger partial charge in [-0.15, -0.1) is 0 Å². The number of likely N-dealkylation sites (N-methyl/N-ethyl adjacent to an activating group) is 1. The number of nitrogens with zero attached hydrogens (tertiary/aromatic N) is 3. The van der Waals surface area contributed by atoms with Gasteiger partial charge in [0.15, 0.2) is 17.5 Å². The molecule has 5 nitrogen and oxygen atoms in total. The maximum atomic E-state index is 13.7. The summed E-state index contributed by atoms with van der Waals surface area (Å²) in [4.78, 5) is 9.18. The van der Waals surface area contributed by atoms with Crippen LogP contribution in [0.3, 0.4) is 0 Å². The molecule has 6 heteroatoms. The van der Waals surface area contributed by atoms with E-state index in [9.17, 15) is 4.39 Å². The fraction of sp³-hybridized carbons (Fsp3) is 0.632. The zero-order chi connectivity index (χ0) is 18.2. The number of guanidine groups is 1. The monoisotopic (exact) mass is 350 g/mol. The third kappa shape index (κ3) is 5.33. The molecule has 2 unspecified atom stereocenters. The second-order valence-electron chi connectivity index (χ2n) is 6.40. The molecular weight excluding hydrogens is 319 g/mol. The summed E-state index contributed by atoms with van der Waals surface area (Å²) in [5.74, 6) is 0.841. The molecule has 0 spiro atoms. The van der Waals surface area contributed by atoms with E-state index in [2.05, 4.69) is 34.0 Å². The maximum Gasteiger partial charge on any atom is 0.193 e. The molecule has 1 aromatic rings. The minimum Gasteiger partial charge on any atom is -0.486 e. The summed E-state index contributed by atoms with van der Waals surface area (Å²) < 4.78 is 19.3. The summed E-state index contributed by atoms with van der Waals surface area (Å²) in [6, 6.07) is 7.07. The van der Waals surface area contributed by atoms with Crippen molar-refractivity contribution in [2.24, 2.45) is 4.99 Å². The lowest BCUT2D eigenvalue weighted by molar-refractivity contribution is 0.211. The average molecular weight is 350 g/mol. The molecular formula is C19H31FN4O. The Bertz CT molecular complexity index is 562. The van der Waals surface area contributed by atoms with E-state index in [1.165, 1.54) is 6.07 Å². The van der Waals surface area contributed by atoms with Crippen molar-refractivity contribution < 1.29 is 9.13 Å². The van der Waals surface area contributed by atoms with E-state index < -0.39 is 0 Å². The molecule has 2 atom stereocenters. The van der Waals surface area contributed by atoms with Crippen LogP contribution in [0.2, 0.25) is 0 Å². The lowest BCUT2D eigenvalue weighted by Crippen LogP contribution is -2.45. The van der Waals surface area contributed by atoms with Crippen molar-refractivity contribution in [3.8, 4) is 5.75 Å². The molecule has 0 saturated carbocycles. The van der Waals surface area contributed by atoms with Gasteiger partial charge in [-0.1, -0.05) is 26.0 Å². The first-order valence-electron chi connectivity index (χ1n) is 9.19. The van der Waals surface area contributed by atoms with Crippen LogP contribution in [0.15, 0.2) is 29.3 Å². The minimum atomic E-state index is -0.333. The largest absolute Gasteiger partial charge is 0.486 e. The summed E-state index contributed by atoms with van der Waals surface area (Å²) in [5.41, 5.74) is 0. The first kappa shape index (κ1) is 19.5. The number of hydrogen-bond donors (Lipinski definition) is 1. The summed E-state index contributed by atoms with van der Waals surface area (Å²) in [6.07, 6.45) is 0.999. The summed E-state index contributed by atoms with van der Waals surface area (Å²) in [7, 11) is 1.80. The molecule has 1 fully saturated rings. The number of halogens is 1. The maximum absolute atomic E-state index is 13.7. The van der Waals surface area contributed by atoms with Crippen LogP contribution >= 0.6 is 0 Å². The van der Waals surface area contributed by atoms with Crippen molar-refractivity contribution in [1.29, 1.82) is 0 Å². The van der Waals surface area contributed by atoms with Gasteiger partial charge in [0, 0.05) is 26.2 Å². The van der Waals surface area contributed by atoms with E-state index in [1.807, 2.05) is 6.92 Å².